The summed E-state index contributed by atoms with van der Waals surface area (Å²) in [5.74, 6) is 0.530. The highest BCUT2D eigenvalue weighted by molar-refractivity contribution is 5.94. The normalized spacial score (nSPS) is 16.3. The minimum absolute atomic E-state index is 0.113. The van der Waals surface area contributed by atoms with Gasteiger partial charge in [0.25, 0.3) is 5.91 Å². The maximum atomic E-state index is 12.8. The number of benzene rings is 1. The molecule has 5 rings (SSSR count). The standard InChI is InChI=1S/C23H26N6O2/c24-21-13-17-3-2-16(12-19(17)27-21)18-4-5-22-26-14-20(29(22)15-18)23(30)25-6-1-7-28-8-10-31-11-9-28/h2-5,12,14-15H,1,6-11,13H2,(H2,24,27)(H,25,30). The van der Waals surface area contributed by atoms with Crippen LogP contribution in [0.1, 0.15) is 22.5 Å². The zero-order valence-electron chi connectivity index (χ0n) is 17.4. The summed E-state index contributed by atoms with van der Waals surface area (Å²) in [5.41, 5.74) is 11.2. The number of imidazole rings is 1. The van der Waals surface area contributed by atoms with Crippen LogP contribution >= 0.6 is 0 Å². The maximum Gasteiger partial charge on any atom is 0.269 e. The number of aromatic nitrogens is 2. The summed E-state index contributed by atoms with van der Waals surface area (Å²) in [4.78, 5) is 23.9. The second-order valence-corrected chi connectivity index (χ2v) is 7.98. The first kappa shape index (κ1) is 19.7. The minimum Gasteiger partial charge on any atom is -0.387 e. The fourth-order valence-corrected chi connectivity index (χ4v) is 4.13. The topological polar surface area (TPSA) is 97.2 Å². The monoisotopic (exact) mass is 418 g/mol. The van der Waals surface area contributed by atoms with Gasteiger partial charge in [-0.15, -0.1) is 0 Å². The summed E-state index contributed by atoms with van der Waals surface area (Å²) in [6, 6.07) is 10.1. The lowest BCUT2D eigenvalue weighted by Gasteiger charge is -2.26. The lowest BCUT2D eigenvalue weighted by molar-refractivity contribution is 0.0374. The van der Waals surface area contributed by atoms with Gasteiger partial charge in [-0.2, -0.15) is 0 Å². The van der Waals surface area contributed by atoms with Crippen molar-refractivity contribution in [2.75, 3.05) is 39.4 Å². The molecule has 3 aromatic rings. The van der Waals surface area contributed by atoms with Gasteiger partial charge in [0.2, 0.25) is 0 Å². The molecule has 3 N–H and O–H groups in total. The molecule has 160 valence electrons. The van der Waals surface area contributed by atoms with Crippen LogP contribution in [0.3, 0.4) is 0 Å². The van der Waals surface area contributed by atoms with E-state index in [2.05, 4.69) is 32.3 Å². The molecule has 1 amide bonds. The Kier molecular flexibility index (Phi) is 5.40. The van der Waals surface area contributed by atoms with Crippen molar-refractivity contribution < 1.29 is 9.53 Å². The number of nitrogens with one attached hydrogen (secondary N) is 1. The van der Waals surface area contributed by atoms with Crippen molar-refractivity contribution in [1.29, 1.82) is 0 Å². The predicted octanol–water partition coefficient (Wildman–Crippen LogP) is 2.00. The molecular weight excluding hydrogens is 392 g/mol. The van der Waals surface area contributed by atoms with E-state index in [1.807, 2.05) is 28.8 Å². The minimum atomic E-state index is -0.113. The molecule has 31 heavy (non-hydrogen) atoms. The largest absolute Gasteiger partial charge is 0.387 e. The second kappa shape index (κ2) is 8.49. The molecule has 2 aliphatic rings. The molecule has 0 bridgehead atoms. The summed E-state index contributed by atoms with van der Waals surface area (Å²) >= 11 is 0. The van der Waals surface area contributed by atoms with Gasteiger partial charge in [0.05, 0.1) is 25.1 Å². The maximum absolute atomic E-state index is 12.8. The number of carbonyl (C=O) groups is 1. The van der Waals surface area contributed by atoms with E-state index in [0.29, 0.717) is 24.5 Å². The van der Waals surface area contributed by atoms with E-state index in [-0.39, 0.29) is 5.91 Å². The Hall–Kier alpha value is -3.23. The molecule has 8 heteroatoms. The highest BCUT2D eigenvalue weighted by Crippen LogP contribution is 2.31. The van der Waals surface area contributed by atoms with Gasteiger partial charge in [-0.1, -0.05) is 12.1 Å². The molecule has 1 saturated heterocycles. The van der Waals surface area contributed by atoms with Crippen LogP contribution < -0.4 is 11.1 Å². The number of hydrogen-bond donors (Lipinski definition) is 2. The van der Waals surface area contributed by atoms with E-state index < -0.39 is 0 Å². The third kappa shape index (κ3) is 4.17. The van der Waals surface area contributed by atoms with Crippen LogP contribution in [0.4, 0.5) is 5.69 Å². The van der Waals surface area contributed by atoms with Crippen molar-refractivity contribution in [3.8, 4) is 11.1 Å². The SMILES string of the molecule is NC1=Nc2cc(-c3ccc4ncc(C(=O)NCCCN5CCOCC5)n4c3)ccc2C1. The average molecular weight is 419 g/mol. The number of ether oxygens (including phenoxy) is 1. The van der Waals surface area contributed by atoms with Gasteiger partial charge in [0, 0.05) is 32.3 Å². The van der Waals surface area contributed by atoms with Crippen LogP contribution in [0, 0.1) is 0 Å². The van der Waals surface area contributed by atoms with Gasteiger partial charge in [0.15, 0.2) is 0 Å². The molecule has 0 aliphatic carbocycles. The van der Waals surface area contributed by atoms with Gasteiger partial charge >= 0.3 is 0 Å². The van der Waals surface area contributed by atoms with E-state index in [1.54, 1.807) is 6.20 Å². The van der Waals surface area contributed by atoms with E-state index in [9.17, 15) is 4.79 Å². The van der Waals surface area contributed by atoms with Gasteiger partial charge < -0.3 is 15.8 Å². The fourth-order valence-electron chi connectivity index (χ4n) is 4.13. The first-order valence-electron chi connectivity index (χ1n) is 10.7. The molecule has 4 heterocycles. The Morgan fingerprint density at radius 1 is 1.16 bits per heavy atom. The highest BCUT2D eigenvalue weighted by Gasteiger charge is 2.16. The molecule has 0 unspecified atom stereocenters. The third-order valence-electron chi connectivity index (χ3n) is 5.83. The average Bonchev–Trinajstić information content (AvgIpc) is 3.38. The summed E-state index contributed by atoms with van der Waals surface area (Å²) in [7, 11) is 0. The number of pyridine rings is 1. The highest BCUT2D eigenvalue weighted by atomic mass is 16.5. The quantitative estimate of drug-likeness (QED) is 0.597. The van der Waals surface area contributed by atoms with Crippen molar-refractivity contribution >= 4 is 23.1 Å². The Balaban J connectivity index is 1.29. The molecule has 0 atom stereocenters. The first-order chi connectivity index (χ1) is 15.2. The Morgan fingerprint density at radius 2 is 2.00 bits per heavy atom. The number of rotatable bonds is 6. The van der Waals surface area contributed by atoms with Gasteiger partial charge in [-0.3, -0.25) is 14.1 Å². The predicted molar refractivity (Wildman–Crippen MR) is 120 cm³/mol. The van der Waals surface area contributed by atoms with E-state index >= 15 is 0 Å². The summed E-state index contributed by atoms with van der Waals surface area (Å²) in [5, 5.41) is 3.03. The van der Waals surface area contributed by atoms with Crippen molar-refractivity contribution in [2.24, 2.45) is 10.7 Å². The molecule has 1 fully saturated rings. The number of aliphatic imine (C=N–C) groups is 1. The zero-order chi connectivity index (χ0) is 21.2. The fraction of sp³-hybridized carbons (Fsp3) is 0.348. The smallest absolute Gasteiger partial charge is 0.269 e. The van der Waals surface area contributed by atoms with Gasteiger partial charge in [0.1, 0.15) is 17.2 Å². The number of morpholine rings is 1. The molecule has 0 radical (unpaired) electrons. The third-order valence-corrected chi connectivity index (χ3v) is 5.83. The van der Waals surface area contributed by atoms with Crippen LogP contribution in [-0.2, 0) is 11.2 Å². The number of nitrogens with zero attached hydrogens (tertiary/aromatic N) is 4. The molecule has 2 aliphatic heterocycles. The summed E-state index contributed by atoms with van der Waals surface area (Å²) in [6.07, 6.45) is 5.19. The van der Waals surface area contributed by atoms with Crippen LogP contribution in [-0.4, -0.2) is 65.4 Å². The van der Waals surface area contributed by atoms with Crippen LogP contribution in [0.5, 0.6) is 0 Å². The van der Waals surface area contributed by atoms with Crippen molar-refractivity contribution in [3.63, 3.8) is 0 Å². The molecule has 0 spiro atoms. The molecule has 2 aromatic heterocycles. The number of carbonyl (C=O) groups excluding carboxylic acids is 1. The van der Waals surface area contributed by atoms with Crippen LogP contribution in [0.15, 0.2) is 47.7 Å². The number of amides is 1. The van der Waals surface area contributed by atoms with Gasteiger partial charge in [-0.05, 0) is 47.9 Å². The Labute approximate surface area is 180 Å². The van der Waals surface area contributed by atoms with Crippen LogP contribution in [0.2, 0.25) is 0 Å². The summed E-state index contributed by atoms with van der Waals surface area (Å²) < 4.78 is 7.21. The van der Waals surface area contributed by atoms with E-state index in [0.717, 1.165) is 67.3 Å². The lowest BCUT2D eigenvalue weighted by atomic mass is 10.0. The van der Waals surface area contributed by atoms with Crippen molar-refractivity contribution in [3.05, 3.63) is 54.0 Å². The molecule has 8 nitrogen and oxygen atoms in total. The Bertz CT molecular complexity index is 1150. The van der Waals surface area contributed by atoms with Crippen molar-refractivity contribution in [1.82, 2.24) is 19.6 Å². The van der Waals surface area contributed by atoms with E-state index in [1.165, 1.54) is 0 Å². The number of hydrogen-bond acceptors (Lipinski definition) is 6. The Morgan fingerprint density at radius 3 is 2.87 bits per heavy atom. The molecule has 1 aromatic carbocycles. The second-order valence-electron chi connectivity index (χ2n) is 7.98. The number of fused-ring (bicyclic) bond motifs is 2. The molecule has 0 saturated carbocycles. The van der Waals surface area contributed by atoms with Crippen molar-refractivity contribution in [2.45, 2.75) is 12.8 Å². The van der Waals surface area contributed by atoms with Gasteiger partial charge in [-0.25, -0.2) is 9.98 Å². The number of nitrogens with two attached hydrogens (primary N) is 1. The summed E-state index contributed by atoms with van der Waals surface area (Å²) in [6.45, 7) is 5.11. The zero-order valence-corrected chi connectivity index (χ0v) is 17.4. The number of amidine groups is 1. The lowest BCUT2D eigenvalue weighted by Crippen LogP contribution is -2.38. The van der Waals surface area contributed by atoms with Crippen LogP contribution in [0.25, 0.3) is 16.8 Å². The molecular formula is C23H26N6O2. The first-order valence-corrected chi connectivity index (χ1v) is 10.7. The van der Waals surface area contributed by atoms with E-state index in [4.69, 9.17) is 10.5 Å².